The van der Waals surface area contributed by atoms with Gasteiger partial charge in [0.05, 0.1) is 0 Å². The van der Waals surface area contributed by atoms with Gasteiger partial charge in [-0.25, -0.2) is 0 Å². The Kier molecular flexibility index (Phi) is 3.50. The molecule has 2 bridgehead atoms. The van der Waals surface area contributed by atoms with Crippen LogP contribution in [0, 0.1) is 0 Å². The highest BCUT2D eigenvalue weighted by Crippen LogP contribution is 2.33. The van der Waals surface area contributed by atoms with Gasteiger partial charge in [-0.3, -0.25) is 4.90 Å². The Morgan fingerprint density at radius 3 is 2.68 bits per heavy atom. The second kappa shape index (κ2) is 5.14. The number of likely N-dealkylation sites (N-methyl/N-ethyl adjacent to an activating group) is 1. The van der Waals surface area contributed by atoms with Crippen LogP contribution in [0.1, 0.15) is 37.8 Å². The van der Waals surface area contributed by atoms with Gasteiger partial charge in [-0.1, -0.05) is 18.2 Å². The van der Waals surface area contributed by atoms with Gasteiger partial charge in [0.2, 0.25) is 0 Å². The Labute approximate surface area is 116 Å². The first-order valence-electron chi connectivity index (χ1n) is 7.48. The topological polar surface area (TPSA) is 32.5 Å². The summed E-state index contributed by atoms with van der Waals surface area (Å²) in [5.74, 6) is 0. The van der Waals surface area contributed by atoms with Gasteiger partial charge < -0.3 is 10.6 Å². The van der Waals surface area contributed by atoms with Crippen molar-refractivity contribution in [3.05, 3.63) is 29.8 Å². The van der Waals surface area contributed by atoms with Crippen LogP contribution in [0.3, 0.4) is 0 Å². The Balaban J connectivity index is 1.87. The summed E-state index contributed by atoms with van der Waals surface area (Å²) in [6.07, 6.45) is 4.00. The van der Waals surface area contributed by atoms with Crippen LogP contribution in [-0.4, -0.2) is 37.1 Å². The van der Waals surface area contributed by atoms with Crippen molar-refractivity contribution in [2.24, 2.45) is 5.73 Å². The fourth-order valence-corrected chi connectivity index (χ4v) is 3.69. The molecule has 19 heavy (non-hydrogen) atoms. The number of hydrogen-bond donors (Lipinski definition) is 1. The van der Waals surface area contributed by atoms with Crippen LogP contribution < -0.4 is 10.6 Å². The highest BCUT2D eigenvalue weighted by Gasteiger charge is 2.35. The lowest BCUT2D eigenvalue weighted by molar-refractivity contribution is 0.254. The average Bonchev–Trinajstić information content (AvgIpc) is 2.63. The minimum absolute atomic E-state index is 0.106. The van der Waals surface area contributed by atoms with E-state index in [-0.39, 0.29) is 6.04 Å². The Morgan fingerprint density at radius 1 is 1.16 bits per heavy atom. The third-order valence-corrected chi connectivity index (χ3v) is 4.92. The van der Waals surface area contributed by atoms with Crippen LogP contribution in [0.25, 0.3) is 0 Å². The smallest absolute Gasteiger partial charge is 0.0415 e. The molecule has 0 saturated carbocycles. The molecule has 3 atom stereocenters. The molecule has 2 unspecified atom stereocenters. The molecule has 3 nitrogen and oxygen atoms in total. The first-order chi connectivity index (χ1) is 9.16. The summed E-state index contributed by atoms with van der Waals surface area (Å²) in [6.45, 7) is 4.39. The van der Waals surface area contributed by atoms with Crippen molar-refractivity contribution in [2.45, 2.75) is 44.3 Å². The third-order valence-electron chi connectivity index (χ3n) is 4.92. The predicted molar refractivity (Wildman–Crippen MR) is 80.4 cm³/mol. The van der Waals surface area contributed by atoms with Crippen LogP contribution in [0.15, 0.2) is 24.3 Å². The molecular weight excluding hydrogens is 234 g/mol. The minimum Gasteiger partial charge on any atom is -0.370 e. The SMILES string of the molecule is C[C@@H](N)c1ccccc1N1CCC2CCC(C1)N2C. The molecule has 1 aromatic carbocycles. The first-order valence-corrected chi connectivity index (χ1v) is 7.48. The molecule has 2 heterocycles. The highest BCUT2D eigenvalue weighted by molar-refractivity contribution is 5.55. The highest BCUT2D eigenvalue weighted by atomic mass is 15.3. The summed E-state index contributed by atoms with van der Waals surface area (Å²) in [7, 11) is 2.29. The predicted octanol–water partition coefficient (Wildman–Crippen LogP) is 2.38. The summed E-state index contributed by atoms with van der Waals surface area (Å²) >= 11 is 0. The summed E-state index contributed by atoms with van der Waals surface area (Å²) in [6, 6.07) is 10.2. The maximum absolute atomic E-state index is 6.13. The Hall–Kier alpha value is -1.06. The third kappa shape index (κ3) is 2.37. The van der Waals surface area contributed by atoms with Gasteiger partial charge in [0.1, 0.15) is 0 Å². The molecule has 2 saturated heterocycles. The van der Waals surface area contributed by atoms with E-state index in [0.29, 0.717) is 6.04 Å². The number of hydrogen-bond acceptors (Lipinski definition) is 3. The van der Waals surface area contributed by atoms with Gasteiger partial charge >= 0.3 is 0 Å². The molecule has 0 radical (unpaired) electrons. The largest absolute Gasteiger partial charge is 0.370 e. The van der Waals surface area contributed by atoms with E-state index < -0.39 is 0 Å². The molecule has 0 spiro atoms. The summed E-state index contributed by atoms with van der Waals surface area (Å²) in [5, 5.41) is 0. The van der Waals surface area contributed by atoms with Crippen LogP contribution in [-0.2, 0) is 0 Å². The van der Waals surface area contributed by atoms with Gasteiger partial charge in [0.25, 0.3) is 0 Å². The summed E-state index contributed by atoms with van der Waals surface area (Å²) < 4.78 is 0. The number of rotatable bonds is 2. The second-order valence-corrected chi connectivity index (χ2v) is 6.13. The van der Waals surface area contributed by atoms with E-state index in [1.165, 1.54) is 30.5 Å². The molecule has 3 heteroatoms. The lowest BCUT2D eigenvalue weighted by Crippen LogP contribution is -2.37. The quantitative estimate of drug-likeness (QED) is 0.885. The molecule has 0 aromatic heterocycles. The number of para-hydroxylation sites is 1. The standard InChI is InChI=1S/C16H25N3/c1-12(17)15-5-3-4-6-16(15)19-10-9-13-7-8-14(11-19)18(13)2/h3-6,12-14H,7-11,17H2,1-2H3/t12-,13?,14?/m1/s1. The van der Waals surface area contributed by atoms with Gasteiger partial charge in [-0.2, -0.15) is 0 Å². The molecule has 2 aliphatic rings. The number of nitrogens with two attached hydrogens (primary N) is 1. The Bertz CT molecular complexity index is 443. The second-order valence-electron chi connectivity index (χ2n) is 6.13. The zero-order valence-electron chi connectivity index (χ0n) is 12.0. The van der Waals surface area contributed by atoms with Crippen LogP contribution in [0.5, 0.6) is 0 Å². The van der Waals surface area contributed by atoms with Gasteiger partial charge in [0, 0.05) is 36.9 Å². The zero-order valence-corrected chi connectivity index (χ0v) is 12.0. The molecule has 3 rings (SSSR count). The van der Waals surface area contributed by atoms with E-state index in [1.807, 2.05) is 0 Å². The maximum atomic E-state index is 6.13. The van der Waals surface area contributed by atoms with E-state index in [2.05, 4.69) is 48.0 Å². The fraction of sp³-hybridized carbons (Fsp3) is 0.625. The average molecular weight is 259 g/mol. The van der Waals surface area contributed by atoms with Gasteiger partial charge in [-0.05, 0) is 44.9 Å². The van der Waals surface area contributed by atoms with E-state index in [4.69, 9.17) is 5.73 Å². The van der Waals surface area contributed by atoms with Crippen molar-refractivity contribution in [3.63, 3.8) is 0 Å². The number of anilines is 1. The Morgan fingerprint density at radius 2 is 1.89 bits per heavy atom. The fourth-order valence-electron chi connectivity index (χ4n) is 3.69. The maximum Gasteiger partial charge on any atom is 0.0415 e. The van der Waals surface area contributed by atoms with Crippen LogP contribution >= 0.6 is 0 Å². The molecule has 2 fully saturated rings. The van der Waals surface area contributed by atoms with Gasteiger partial charge in [-0.15, -0.1) is 0 Å². The van der Waals surface area contributed by atoms with Gasteiger partial charge in [0.15, 0.2) is 0 Å². The first kappa shape index (κ1) is 12.9. The molecular formula is C16H25N3. The normalized spacial score (nSPS) is 29.3. The summed E-state index contributed by atoms with van der Waals surface area (Å²) in [4.78, 5) is 5.15. The van der Waals surface area contributed by atoms with E-state index in [1.54, 1.807) is 0 Å². The lowest BCUT2D eigenvalue weighted by atomic mass is 10.0. The van der Waals surface area contributed by atoms with E-state index in [0.717, 1.165) is 19.1 Å². The summed E-state index contributed by atoms with van der Waals surface area (Å²) in [5.41, 5.74) is 8.75. The molecule has 2 N–H and O–H groups in total. The van der Waals surface area contributed by atoms with Crippen molar-refractivity contribution in [3.8, 4) is 0 Å². The lowest BCUT2D eigenvalue weighted by Gasteiger charge is -2.30. The number of benzene rings is 1. The number of nitrogens with zero attached hydrogens (tertiary/aromatic N) is 2. The van der Waals surface area contributed by atoms with Crippen molar-refractivity contribution >= 4 is 5.69 Å². The van der Waals surface area contributed by atoms with Crippen molar-refractivity contribution in [1.29, 1.82) is 0 Å². The van der Waals surface area contributed by atoms with E-state index in [9.17, 15) is 0 Å². The molecule has 2 aliphatic heterocycles. The van der Waals surface area contributed by atoms with E-state index >= 15 is 0 Å². The minimum atomic E-state index is 0.106. The molecule has 1 aromatic rings. The number of fused-ring (bicyclic) bond motifs is 2. The molecule has 0 amide bonds. The van der Waals surface area contributed by atoms with Crippen LogP contribution in [0.4, 0.5) is 5.69 Å². The van der Waals surface area contributed by atoms with Crippen molar-refractivity contribution in [1.82, 2.24) is 4.90 Å². The van der Waals surface area contributed by atoms with Crippen LogP contribution in [0.2, 0.25) is 0 Å². The molecule has 104 valence electrons. The van der Waals surface area contributed by atoms with Crippen molar-refractivity contribution < 1.29 is 0 Å². The molecule has 0 aliphatic carbocycles. The zero-order chi connectivity index (χ0) is 13.4. The van der Waals surface area contributed by atoms with Crippen molar-refractivity contribution in [2.75, 3.05) is 25.0 Å². The monoisotopic (exact) mass is 259 g/mol.